The number of hydrogen-bond donors (Lipinski definition) is 3. The Morgan fingerprint density at radius 1 is 0.859 bits per heavy atom. The SMILES string of the molecule is O=C1CCC(N2Cc3cc(N4CC(CN5CCN(c6ccc(-c7cnc8[nH]cc(C(=O)c9c(F)ccc(NS(=O)(=O)N%10CC[C@@H](F)C%10)c9F)c8c7)cc6)CC5)C4)ccc3C2=O)C(=O)N1. The number of H-pyrrole nitrogens is 1. The van der Waals surface area contributed by atoms with E-state index in [1.807, 2.05) is 41.1 Å². The van der Waals surface area contributed by atoms with E-state index < -0.39 is 57.0 Å². The molecule has 332 valence electrons. The zero-order chi connectivity index (χ0) is 44.4. The molecule has 3 amide bonds. The second kappa shape index (κ2) is 16.4. The number of nitrogens with one attached hydrogen (secondary N) is 3. The Labute approximate surface area is 366 Å². The second-order valence-corrected chi connectivity index (χ2v) is 18.8. The Bertz CT molecular complexity index is 2830. The van der Waals surface area contributed by atoms with Crippen LogP contribution in [0, 0.1) is 17.6 Å². The first-order valence-electron chi connectivity index (χ1n) is 21.3. The molecule has 0 spiro atoms. The van der Waals surface area contributed by atoms with Gasteiger partial charge in [0.2, 0.25) is 17.6 Å². The van der Waals surface area contributed by atoms with Gasteiger partial charge in [0.25, 0.3) is 5.91 Å². The number of imide groups is 1. The highest BCUT2D eigenvalue weighted by atomic mass is 32.2. The van der Waals surface area contributed by atoms with Gasteiger partial charge in [-0.05, 0) is 72.5 Å². The van der Waals surface area contributed by atoms with Crippen molar-refractivity contribution in [2.45, 2.75) is 38.0 Å². The van der Waals surface area contributed by atoms with E-state index in [-0.39, 0.29) is 43.3 Å². The largest absolute Gasteiger partial charge is 0.371 e. The minimum Gasteiger partial charge on any atom is -0.371 e. The summed E-state index contributed by atoms with van der Waals surface area (Å²) in [5, 5.41) is 2.68. The molecule has 3 N–H and O–H groups in total. The number of ketones is 1. The van der Waals surface area contributed by atoms with E-state index >= 15 is 8.78 Å². The van der Waals surface area contributed by atoms with Crippen LogP contribution in [0.1, 0.15) is 51.1 Å². The van der Waals surface area contributed by atoms with Gasteiger partial charge >= 0.3 is 10.2 Å². The number of alkyl halides is 1. The number of anilines is 3. The van der Waals surface area contributed by atoms with Crippen molar-refractivity contribution in [1.29, 1.82) is 0 Å². The third-order valence-corrected chi connectivity index (χ3v) is 14.5. The molecule has 3 aromatic carbocycles. The van der Waals surface area contributed by atoms with Crippen LogP contribution in [0.5, 0.6) is 0 Å². The van der Waals surface area contributed by atoms with E-state index in [1.54, 1.807) is 17.2 Å². The predicted octanol–water partition coefficient (Wildman–Crippen LogP) is 4.46. The molecular weight excluding hydrogens is 852 g/mol. The quantitative estimate of drug-likeness (QED) is 0.127. The average molecular weight is 896 g/mol. The molecule has 4 fully saturated rings. The van der Waals surface area contributed by atoms with Gasteiger partial charge in [0, 0.05) is 124 Å². The van der Waals surface area contributed by atoms with Crippen molar-refractivity contribution < 1.29 is 40.8 Å². The summed E-state index contributed by atoms with van der Waals surface area (Å²) in [6.45, 7) is 6.22. The van der Waals surface area contributed by atoms with Crippen molar-refractivity contribution in [2.24, 2.45) is 5.92 Å². The number of carbonyl (C=O) groups excluding carboxylic acids is 4. The molecule has 7 heterocycles. The zero-order valence-electron chi connectivity index (χ0n) is 34.5. The number of piperazine rings is 1. The summed E-state index contributed by atoms with van der Waals surface area (Å²) in [6.07, 6.45) is 2.17. The third kappa shape index (κ3) is 7.74. The number of fused-ring (bicyclic) bond motifs is 2. The molecule has 0 bridgehead atoms. The lowest BCUT2D eigenvalue weighted by molar-refractivity contribution is -0.136. The van der Waals surface area contributed by atoms with Crippen molar-refractivity contribution in [3.8, 4) is 11.1 Å². The van der Waals surface area contributed by atoms with Crippen molar-refractivity contribution in [3.63, 3.8) is 0 Å². The van der Waals surface area contributed by atoms with Crippen LogP contribution in [0.15, 0.2) is 73.1 Å². The molecule has 15 nitrogen and oxygen atoms in total. The molecule has 1 unspecified atom stereocenters. The van der Waals surface area contributed by atoms with Crippen LogP contribution in [0.2, 0.25) is 0 Å². The average Bonchev–Trinajstić information content (AvgIpc) is 4.00. The minimum atomic E-state index is -4.36. The summed E-state index contributed by atoms with van der Waals surface area (Å²) in [4.78, 5) is 67.0. The predicted molar refractivity (Wildman–Crippen MR) is 232 cm³/mol. The smallest absolute Gasteiger partial charge is 0.301 e. The number of pyridine rings is 1. The van der Waals surface area contributed by atoms with Crippen LogP contribution in [0.3, 0.4) is 0 Å². The first kappa shape index (κ1) is 41.7. The summed E-state index contributed by atoms with van der Waals surface area (Å²) in [5.41, 5.74) is 3.84. The maximum Gasteiger partial charge on any atom is 0.301 e. The molecule has 19 heteroatoms. The fourth-order valence-corrected chi connectivity index (χ4v) is 10.8. The molecule has 2 aromatic heterocycles. The number of piperidine rings is 1. The van der Waals surface area contributed by atoms with Crippen LogP contribution in [-0.4, -0.2) is 127 Å². The van der Waals surface area contributed by atoms with Crippen molar-refractivity contribution in [1.82, 2.24) is 29.4 Å². The lowest BCUT2D eigenvalue weighted by atomic mass is 9.97. The van der Waals surface area contributed by atoms with Gasteiger partial charge in [-0.1, -0.05) is 12.1 Å². The maximum atomic E-state index is 15.7. The lowest BCUT2D eigenvalue weighted by Crippen LogP contribution is -2.55. The third-order valence-electron chi connectivity index (χ3n) is 13.1. The Kier molecular flexibility index (Phi) is 10.7. The summed E-state index contributed by atoms with van der Waals surface area (Å²) < 4.78 is 73.0. The summed E-state index contributed by atoms with van der Waals surface area (Å²) >= 11 is 0. The fourth-order valence-electron chi connectivity index (χ4n) is 9.50. The van der Waals surface area contributed by atoms with Crippen LogP contribution in [0.4, 0.5) is 30.2 Å². The van der Waals surface area contributed by atoms with E-state index in [9.17, 15) is 32.0 Å². The first-order valence-corrected chi connectivity index (χ1v) is 22.8. The van der Waals surface area contributed by atoms with Gasteiger partial charge in [0.15, 0.2) is 5.82 Å². The number of carbonyl (C=O) groups is 4. The topological polar surface area (TPSA) is 171 Å². The van der Waals surface area contributed by atoms with Crippen molar-refractivity contribution in [2.75, 3.05) is 73.4 Å². The molecular formula is C45H44F3N9O6S. The van der Waals surface area contributed by atoms with Crippen molar-refractivity contribution >= 4 is 61.8 Å². The molecule has 4 saturated heterocycles. The molecule has 0 aliphatic carbocycles. The van der Waals surface area contributed by atoms with Gasteiger partial charge < -0.3 is 19.7 Å². The Morgan fingerprint density at radius 2 is 1.62 bits per heavy atom. The molecule has 0 radical (unpaired) electrons. The van der Waals surface area contributed by atoms with Gasteiger partial charge in [0.1, 0.15) is 23.7 Å². The molecule has 0 saturated carbocycles. The fraction of sp³-hybridized carbons (Fsp3) is 0.356. The highest BCUT2D eigenvalue weighted by Gasteiger charge is 2.40. The zero-order valence-corrected chi connectivity index (χ0v) is 35.3. The van der Waals surface area contributed by atoms with E-state index in [0.717, 1.165) is 84.8 Å². The number of benzene rings is 3. The van der Waals surface area contributed by atoms with Crippen LogP contribution < -0.4 is 19.8 Å². The highest BCUT2D eigenvalue weighted by Crippen LogP contribution is 2.35. The standard InChI is InChI=1S/C45H44F3N9O6S/c46-30-11-12-56(25-30)64(62,63)52-37-8-7-36(47)40(41(37)48)42(59)35-20-50-43-34(35)18-28(19-49-43)27-1-3-31(4-2-27)54-15-13-53(14-16-54)21-26-22-55(23-26)32-5-6-33-29(17-32)24-57(45(33)61)38-9-10-39(58)51-44(38)60/h1-8,17-20,26,30,38,52H,9-16,21-25H2,(H,49,50)(H,51,58,60)/t30-,38?/m1/s1. The normalized spacial score (nSPS) is 21.1. The number of amides is 3. The van der Waals surface area contributed by atoms with Crippen LogP contribution in [-0.2, 0) is 26.3 Å². The van der Waals surface area contributed by atoms with E-state index in [1.165, 1.54) is 6.20 Å². The number of aromatic nitrogens is 2. The second-order valence-electron chi connectivity index (χ2n) is 17.1. The van der Waals surface area contributed by atoms with E-state index in [0.29, 0.717) is 41.0 Å². The minimum absolute atomic E-state index is 0.00219. The molecule has 5 aliphatic heterocycles. The lowest BCUT2D eigenvalue weighted by Gasteiger charge is -2.45. The maximum absolute atomic E-state index is 15.7. The Morgan fingerprint density at radius 3 is 2.36 bits per heavy atom. The summed E-state index contributed by atoms with van der Waals surface area (Å²) in [7, 11) is -4.36. The van der Waals surface area contributed by atoms with Gasteiger partial charge in [0.05, 0.1) is 11.3 Å². The number of aromatic amines is 1. The number of rotatable bonds is 11. The van der Waals surface area contributed by atoms with E-state index in [2.05, 4.69) is 36.1 Å². The molecule has 2 atom stereocenters. The molecule has 10 rings (SSSR count). The number of hydrogen-bond acceptors (Lipinski definition) is 10. The molecule has 5 aliphatic rings. The number of nitrogens with zero attached hydrogens (tertiary/aromatic N) is 6. The highest BCUT2D eigenvalue weighted by molar-refractivity contribution is 7.90. The van der Waals surface area contributed by atoms with Gasteiger partial charge in [-0.2, -0.15) is 12.7 Å². The first-order chi connectivity index (χ1) is 30.8. The van der Waals surface area contributed by atoms with Gasteiger partial charge in [-0.3, -0.25) is 34.1 Å². The summed E-state index contributed by atoms with van der Waals surface area (Å²) in [6, 6.07) is 16.6. The monoisotopic (exact) mass is 895 g/mol. The number of halogens is 3. The van der Waals surface area contributed by atoms with Gasteiger partial charge in [-0.25, -0.2) is 18.2 Å². The van der Waals surface area contributed by atoms with Crippen LogP contribution >= 0.6 is 0 Å². The Balaban J connectivity index is 0.738. The molecule has 64 heavy (non-hydrogen) atoms. The van der Waals surface area contributed by atoms with Gasteiger partial charge in [-0.15, -0.1) is 0 Å². The van der Waals surface area contributed by atoms with Crippen LogP contribution in [0.25, 0.3) is 22.2 Å². The van der Waals surface area contributed by atoms with Crippen molar-refractivity contribution in [3.05, 3.63) is 107 Å². The van der Waals surface area contributed by atoms with E-state index in [4.69, 9.17) is 0 Å². The Hall–Kier alpha value is -6.31. The summed E-state index contributed by atoms with van der Waals surface area (Å²) in [5.74, 6) is -3.94. The molecule has 5 aromatic rings.